The number of unbranched alkanes of at least 4 members (excludes halogenated alkanes) is 1. The average Bonchev–Trinajstić information content (AvgIpc) is 2.92. The first-order valence-electron chi connectivity index (χ1n) is 13.8. The highest BCUT2D eigenvalue weighted by Gasteiger charge is 2.32. The molecule has 7 N–H and O–H groups in total. The molecule has 1 amide bonds. The van der Waals surface area contributed by atoms with Crippen molar-refractivity contribution in [2.24, 2.45) is 0 Å². The fourth-order valence-corrected chi connectivity index (χ4v) is 5.20. The zero-order valence-electron chi connectivity index (χ0n) is 22.5. The van der Waals surface area contributed by atoms with E-state index in [1.165, 1.54) is 0 Å². The van der Waals surface area contributed by atoms with Crippen LogP contribution in [0.1, 0.15) is 56.2 Å². The molecular formula is C28H42N6O5. The molecule has 4 rings (SSSR count). The largest absolute Gasteiger partial charge is 0.374 e. The van der Waals surface area contributed by atoms with E-state index in [4.69, 9.17) is 0 Å². The van der Waals surface area contributed by atoms with Crippen molar-refractivity contribution in [2.45, 2.75) is 57.8 Å². The van der Waals surface area contributed by atoms with Crippen molar-refractivity contribution >= 4 is 17.3 Å². The van der Waals surface area contributed by atoms with Gasteiger partial charge in [-0.1, -0.05) is 36.4 Å². The number of amides is 1. The Morgan fingerprint density at radius 2 is 1.26 bits per heavy atom. The molecule has 2 heterocycles. The number of fused-ring (bicyclic) bond motifs is 2. The molecule has 0 bridgehead atoms. The summed E-state index contributed by atoms with van der Waals surface area (Å²) in [4.78, 5) is 17.2. The first-order valence-corrected chi connectivity index (χ1v) is 13.8. The van der Waals surface area contributed by atoms with Crippen LogP contribution in [0.25, 0.3) is 0 Å². The van der Waals surface area contributed by atoms with E-state index < -0.39 is 25.2 Å². The van der Waals surface area contributed by atoms with Crippen LogP contribution in [0.2, 0.25) is 0 Å². The SMILES string of the molecule is CC(=O)N(CCCCNCCCN1C(O)Nc2ccccc2C1O)CCCN1C(O)Nc2ccccc2C1O. The second-order valence-electron chi connectivity index (χ2n) is 10.1. The Morgan fingerprint density at radius 1 is 0.769 bits per heavy atom. The van der Waals surface area contributed by atoms with Gasteiger partial charge in [-0.25, -0.2) is 9.80 Å². The van der Waals surface area contributed by atoms with Gasteiger partial charge >= 0.3 is 0 Å². The van der Waals surface area contributed by atoms with Gasteiger partial charge in [0, 0.05) is 55.6 Å². The van der Waals surface area contributed by atoms with E-state index in [1.807, 2.05) is 53.4 Å². The van der Waals surface area contributed by atoms with Crippen LogP contribution in [-0.4, -0.2) is 93.0 Å². The zero-order chi connectivity index (χ0) is 27.8. The lowest BCUT2D eigenvalue weighted by atomic mass is 10.1. The molecule has 0 aromatic heterocycles. The summed E-state index contributed by atoms with van der Waals surface area (Å²) < 4.78 is 0. The van der Waals surface area contributed by atoms with Crippen molar-refractivity contribution in [3.63, 3.8) is 0 Å². The number of benzene rings is 2. The van der Waals surface area contributed by atoms with E-state index in [0.29, 0.717) is 32.6 Å². The molecule has 2 aromatic carbocycles. The van der Waals surface area contributed by atoms with E-state index >= 15 is 0 Å². The van der Waals surface area contributed by atoms with E-state index in [-0.39, 0.29) is 5.91 Å². The average molecular weight is 543 g/mol. The number of para-hydroxylation sites is 2. The standard InChI is InChI=1S/C28H42N6O5/c1-20(35)32(17-9-19-34-26(37)22-11-3-5-13-24(22)31-28(34)39)16-7-6-14-29-15-8-18-33-25(36)21-10-2-4-12-23(21)30-27(33)38/h2-5,10-13,25-31,36-39H,6-9,14-19H2,1H3. The van der Waals surface area contributed by atoms with E-state index in [0.717, 1.165) is 54.9 Å². The van der Waals surface area contributed by atoms with E-state index in [2.05, 4.69) is 16.0 Å². The minimum atomic E-state index is -0.986. The fourth-order valence-electron chi connectivity index (χ4n) is 5.20. The molecule has 0 saturated carbocycles. The molecule has 0 saturated heterocycles. The maximum absolute atomic E-state index is 12.1. The number of hydrogen-bond acceptors (Lipinski definition) is 10. The predicted molar refractivity (Wildman–Crippen MR) is 149 cm³/mol. The van der Waals surface area contributed by atoms with E-state index in [9.17, 15) is 25.2 Å². The zero-order valence-corrected chi connectivity index (χ0v) is 22.5. The lowest BCUT2D eigenvalue weighted by molar-refractivity contribution is -0.129. The van der Waals surface area contributed by atoms with Crippen molar-refractivity contribution in [3.8, 4) is 0 Å². The quantitative estimate of drug-likeness (QED) is 0.185. The Bertz CT molecular complexity index is 1070. The van der Waals surface area contributed by atoms with Crippen molar-refractivity contribution in [2.75, 3.05) is 49.9 Å². The van der Waals surface area contributed by atoms with Crippen LogP contribution in [0.15, 0.2) is 48.5 Å². The number of hydrogen-bond donors (Lipinski definition) is 7. The smallest absolute Gasteiger partial charge is 0.219 e. The molecule has 0 spiro atoms. The normalized spacial score (nSPS) is 22.9. The fraction of sp³-hybridized carbons (Fsp3) is 0.536. The number of anilines is 2. The molecule has 0 fully saturated rings. The molecule has 11 heteroatoms. The second kappa shape index (κ2) is 14.0. The third-order valence-electron chi connectivity index (χ3n) is 7.39. The highest BCUT2D eigenvalue weighted by Crippen LogP contribution is 2.33. The van der Waals surface area contributed by atoms with Gasteiger partial charge < -0.3 is 41.3 Å². The van der Waals surface area contributed by atoms with Gasteiger partial charge in [0.1, 0.15) is 12.5 Å². The van der Waals surface area contributed by atoms with Gasteiger partial charge in [0.05, 0.1) is 0 Å². The number of carbonyl (C=O) groups is 1. The molecule has 0 radical (unpaired) electrons. The molecule has 0 aliphatic carbocycles. The number of rotatable bonds is 13. The van der Waals surface area contributed by atoms with Gasteiger partial charge in [-0.05, 0) is 50.9 Å². The summed E-state index contributed by atoms with van der Waals surface area (Å²) in [5.41, 5.74) is 2.95. The lowest BCUT2D eigenvalue weighted by Gasteiger charge is -2.39. The second-order valence-corrected chi connectivity index (χ2v) is 10.1. The van der Waals surface area contributed by atoms with Crippen molar-refractivity contribution in [1.29, 1.82) is 0 Å². The molecule has 4 unspecified atom stereocenters. The number of carbonyl (C=O) groups excluding carboxylic acids is 1. The number of nitrogens with one attached hydrogen (secondary N) is 3. The van der Waals surface area contributed by atoms with Gasteiger partial charge in [0.15, 0.2) is 12.7 Å². The molecule has 11 nitrogen and oxygen atoms in total. The summed E-state index contributed by atoms with van der Waals surface area (Å²) in [6.45, 7) is 5.32. The van der Waals surface area contributed by atoms with Gasteiger partial charge in [0.2, 0.25) is 5.91 Å². The lowest BCUT2D eigenvalue weighted by Crippen LogP contribution is -2.48. The molecule has 2 aliphatic rings. The summed E-state index contributed by atoms with van der Waals surface area (Å²) in [5.74, 6) is 0.0139. The van der Waals surface area contributed by atoms with Crippen LogP contribution in [-0.2, 0) is 4.79 Å². The molecule has 2 aliphatic heterocycles. The topological polar surface area (TPSA) is 144 Å². The van der Waals surface area contributed by atoms with Crippen LogP contribution in [0, 0.1) is 0 Å². The summed E-state index contributed by atoms with van der Waals surface area (Å²) in [6, 6.07) is 14.8. The number of aliphatic hydroxyl groups is 4. The maximum Gasteiger partial charge on any atom is 0.219 e. The van der Waals surface area contributed by atoms with Gasteiger partial charge in [0.25, 0.3) is 0 Å². The Balaban J connectivity index is 1.09. The van der Waals surface area contributed by atoms with Crippen molar-refractivity contribution in [3.05, 3.63) is 59.7 Å². The highest BCUT2D eigenvalue weighted by molar-refractivity contribution is 5.73. The van der Waals surface area contributed by atoms with E-state index in [1.54, 1.807) is 16.7 Å². The van der Waals surface area contributed by atoms with Gasteiger partial charge in [-0.15, -0.1) is 0 Å². The van der Waals surface area contributed by atoms with Crippen LogP contribution < -0.4 is 16.0 Å². The molecule has 214 valence electrons. The summed E-state index contributed by atoms with van der Waals surface area (Å²) in [7, 11) is 0. The summed E-state index contributed by atoms with van der Waals surface area (Å²) in [5, 5.41) is 51.4. The predicted octanol–water partition coefficient (Wildman–Crippen LogP) is 1.37. The Morgan fingerprint density at radius 3 is 1.82 bits per heavy atom. The van der Waals surface area contributed by atoms with Gasteiger partial charge in [-0.3, -0.25) is 4.79 Å². The Labute approximate surface area is 230 Å². The minimum Gasteiger partial charge on any atom is -0.374 e. The van der Waals surface area contributed by atoms with Crippen LogP contribution in [0.3, 0.4) is 0 Å². The molecule has 39 heavy (non-hydrogen) atoms. The van der Waals surface area contributed by atoms with Crippen LogP contribution in [0.4, 0.5) is 11.4 Å². The Kier molecular flexibility index (Phi) is 10.5. The maximum atomic E-state index is 12.1. The number of aliphatic hydroxyl groups excluding tert-OH is 4. The highest BCUT2D eigenvalue weighted by atomic mass is 16.3. The van der Waals surface area contributed by atoms with Crippen molar-refractivity contribution < 1.29 is 25.2 Å². The van der Waals surface area contributed by atoms with Crippen LogP contribution in [0.5, 0.6) is 0 Å². The summed E-state index contributed by atoms with van der Waals surface area (Å²) >= 11 is 0. The molecule has 4 atom stereocenters. The van der Waals surface area contributed by atoms with Gasteiger partial charge in [-0.2, -0.15) is 0 Å². The van der Waals surface area contributed by atoms with Crippen molar-refractivity contribution in [1.82, 2.24) is 20.0 Å². The monoisotopic (exact) mass is 542 g/mol. The third kappa shape index (κ3) is 7.46. The summed E-state index contributed by atoms with van der Waals surface area (Å²) in [6.07, 6.45) is -0.486. The Hall–Kier alpha value is -2.77. The molecule has 2 aromatic rings. The molecular weight excluding hydrogens is 500 g/mol. The first kappa shape index (κ1) is 29.2. The van der Waals surface area contributed by atoms with Crippen LogP contribution >= 0.6 is 0 Å². The minimum absolute atomic E-state index is 0.0139. The third-order valence-corrected chi connectivity index (χ3v) is 7.39. The number of nitrogens with zero attached hydrogens (tertiary/aromatic N) is 3. The first-order chi connectivity index (χ1) is 18.9.